The van der Waals surface area contributed by atoms with Crippen molar-refractivity contribution in [2.24, 2.45) is 0 Å². The van der Waals surface area contributed by atoms with E-state index in [-0.39, 0.29) is 11.9 Å². The Morgan fingerprint density at radius 2 is 1.96 bits per heavy atom. The van der Waals surface area contributed by atoms with Crippen molar-refractivity contribution < 1.29 is 14.6 Å². The molecule has 1 heterocycles. The zero-order valence-electron chi connectivity index (χ0n) is 13.6. The molecule has 0 aliphatic carbocycles. The molecule has 0 aliphatic rings. The highest BCUT2D eigenvalue weighted by Crippen LogP contribution is 2.27. The second kappa shape index (κ2) is 7.74. The van der Waals surface area contributed by atoms with Gasteiger partial charge in [-0.05, 0) is 41.8 Å². The zero-order chi connectivity index (χ0) is 16.8. The van der Waals surface area contributed by atoms with Crippen molar-refractivity contribution >= 4 is 5.91 Å². The summed E-state index contributed by atoms with van der Waals surface area (Å²) in [6.07, 6.45) is 2.94. The molecule has 5 heteroatoms. The van der Waals surface area contributed by atoms with Gasteiger partial charge in [0.15, 0.2) is 6.10 Å². The number of carbonyl (C=O) groups is 1. The standard InChI is InChI=1S/C18H22N2O3/c1-4-16(13-8-10-19-11-9-13)20(2)18(22)17(21)14-6-5-7-15(12-14)23-3/h5-12,16-17,21H,4H2,1-3H3. The van der Waals surface area contributed by atoms with Crippen LogP contribution in [0.1, 0.15) is 36.6 Å². The number of benzene rings is 1. The van der Waals surface area contributed by atoms with Crippen LogP contribution in [-0.4, -0.2) is 35.1 Å². The highest BCUT2D eigenvalue weighted by atomic mass is 16.5. The summed E-state index contributed by atoms with van der Waals surface area (Å²) < 4.78 is 5.14. The average Bonchev–Trinajstić information content (AvgIpc) is 2.62. The molecule has 122 valence electrons. The van der Waals surface area contributed by atoms with Crippen LogP contribution < -0.4 is 4.74 Å². The molecule has 2 rings (SSSR count). The lowest BCUT2D eigenvalue weighted by Gasteiger charge is -2.29. The Morgan fingerprint density at radius 1 is 1.26 bits per heavy atom. The first-order valence-corrected chi connectivity index (χ1v) is 7.57. The normalized spacial score (nSPS) is 13.2. The summed E-state index contributed by atoms with van der Waals surface area (Å²) in [5.41, 5.74) is 1.52. The second-order valence-corrected chi connectivity index (χ2v) is 5.33. The molecule has 5 nitrogen and oxygen atoms in total. The van der Waals surface area contributed by atoms with Crippen molar-refractivity contribution in [2.75, 3.05) is 14.2 Å². The van der Waals surface area contributed by atoms with Crippen molar-refractivity contribution in [3.05, 3.63) is 59.9 Å². The Balaban J connectivity index is 2.20. The van der Waals surface area contributed by atoms with E-state index < -0.39 is 6.10 Å². The number of aliphatic hydroxyl groups is 1. The number of nitrogens with zero attached hydrogens (tertiary/aromatic N) is 2. The van der Waals surface area contributed by atoms with Gasteiger partial charge in [-0.25, -0.2) is 0 Å². The SMILES string of the molecule is CCC(c1ccncc1)N(C)C(=O)C(O)c1cccc(OC)c1. The molecule has 0 bridgehead atoms. The third-order valence-corrected chi connectivity index (χ3v) is 3.94. The largest absolute Gasteiger partial charge is 0.497 e. The highest BCUT2D eigenvalue weighted by molar-refractivity contribution is 5.82. The molecule has 23 heavy (non-hydrogen) atoms. The number of carbonyl (C=O) groups excluding carboxylic acids is 1. The molecule has 1 aromatic heterocycles. The van der Waals surface area contributed by atoms with E-state index in [1.165, 1.54) is 0 Å². The number of amides is 1. The predicted molar refractivity (Wildman–Crippen MR) is 88.0 cm³/mol. The summed E-state index contributed by atoms with van der Waals surface area (Å²) in [5.74, 6) is 0.264. The van der Waals surface area contributed by atoms with Crippen LogP contribution in [-0.2, 0) is 4.79 Å². The Morgan fingerprint density at radius 3 is 2.57 bits per heavy atom. The van der Waals surface area contributed by atoms with Crippen molar-refractivity contribution in [1.29, 1.82) is 0 Å². The van der Waals surface area contributed by atoms with E-state index in [2.05, 4.69) is 4.98 Å². The van der Waals surface area contributed by atoms with E-state index >= 15 is 0 Å². The number of aromatic nitrogens is 1. The van der Waals surface area contributed by atoms with Gasteiger partial charge in [-0.3, -0.25) is 9.78 Å². The summed E-state index contributed by atoms with van der Waals surface area (Å²) in [6.45, 7) is 2.01. The number of rotatable bonds is 6. The molecule has 1 aromatic carbocycles. The molecule has 2 unspecified atom stereocenters. The van der Waals surface area contributed by atoms with Gasteiger partial charge >= 0.3 is 0 Å². The van der Waals surface area contributed by atoms with Crippen LogP contribution in [0.2, 0.25) is 0 Å². The molecule has 0 fully saturated rings. The van der Waals surface area contributed by atoms with Gasteiger partial charge in [-0.1, -0.05) is 19.1 Å². The van der Waals surface area contributed by atoms with Crippen LogP contribution in [0.4, 0.5) is 0 Å². The Bertz CT molecular complexity index is 646. The average molecular weight is 314 g/mol. The number of ether oxygens (including phenoxy) is 1. The summed E-state index contributed by atoms with van der Waals surface area (Å²) >= 11 is 0. The van der Waals surface area contributed by atoms with Crippen LogP contribution in [0.25, 0.3) is 0 Å². The van der Waals surface area contributed by atoms with Gasteiger partial charge in [0.1, 0.15) is 5.75 Å². The fourth-order valence-electron chi connectivity index (χ4n) is 2.62. The summed E-state index contributed by atoms with van der Waals surface area (Å²) in [4.78, 5) is 18.2. The first-order valence-electron chi connectivity index (χ1n) is 7.57. The van der Waals surface area contributed by atoms with Crippen molar-refractivity contribution in [3.63, 3.8) is 0 Å². The molecule has 0 spiro atoms. The van der Waals surface area contributed by atoms with Crippen LogP contribution >= 0.6 is 0 Å². The smallest absolute Gasteiger partial charge is 0.256 e. The fraction of sp³-hybridized carbons (Fsp3) is 0.333. The lowest BCUT2D eigenvalue weighted by molar-refractivity contribution is -0.141. The molecule has 0 aliphatic heterocycles. The number of hydrogen-bond donors (Lipinski definition) is 1. The van der Waals surface area contributed by atoms with Gasteiger partial charge in [0.25, 0.3) is 5.91 Å². The van der Waals surface area contributed by atoms with Crippen molar-refractivity contribution in [3.8, 4) is 5.75 Å². The Kier molecular flexibility index (Phi) is 5.71. The monoisotopic (exact) mass is 314 g/mol. The molecule has 0 saturated heterocycles. The quantitative estimate of drug-likeness (QED) is 0.890. The molecule has 2 atom stereocenters. The number of methoxy groups -OCH3 is 1. The highest BCUT2D eigenvalue weighted by Gasteiger charge is 2.27. The van der Waals surface area contributed by atoms with Crippen molar-refractivity contribution in [2.45, 2.75) is 25.5 Å². The first-order chi connectivity index (χ1) is 11.1. The molecule has 2 aromatic rings. The minimum Gasteiger partial charge on any atom is -0.497 e. The first kappa shape index (κ1) is 17.0. The lowest BCUT2D eigenvalue weighted by atomic mass is 10.0. The maximum atomic E-state index is 12.6. The molecule has 1 amide bonds. The van der Waals surface area contributed by atoms with E-state index in [1.807, 2.05) is 19.1 Å². The summed E-state index contributed by atoms with van der Waals surface area (Å²) in [5, 5.41) is 10.4. The maximum Gasteiger partial charge on any atom is 0.256 e. The lowest BCUT2D eigenvalue weighted by Crippen LogP contribution is -2.35. The zero-order valence-corrected chi connectivity index (χ0v) is 13.6. The minimum absolute atomic E-state index is 0.106. The summed E-state index contributed by atoms with van der Waals surface area (Å²) in [7, 11) is 3.26. The Labute approximate surface area is 136 Å². The number of pyridine rings is 1. The molecule has 0 saturated carbocycles. The number of aliphatic hydroxyl groups excluding tert-OH is 1. The van der Waals surface area contributed by atoms with Crippen LogP contribution in [0.5, 0.6) is 5.75 Å². The predicted octanol–water partition coefficient (Wildman–Crippen LogP) is 2.73. The molecule has 0 radical (unpaired) electrons. The van der Waals surface area contributed by atoms with Gasteiger partial charge in [-0.15, -0.1) is 0 Å². The summed E-state index contributed by atoms with van der Waals surface area (Å²) in [6, 6.07) is 10.6. The van der Waals surface area contributed by atoms with E-state index in [1.54, 1.807) is 55.7 Å². The van der Waals surface area contributed by atoms with Crippen LogP contribution in [0.3, 0.4) is 0 Å². The third kappa shape index (κ3) is 3.87. The van der Waals surface area contributed by atoms with Crippen LogP contribution in [0.15, 0.2) is 48.8 Å². The fourth-order valence-corrected chi connectivity index (χ4v) is 2.62. The van der Waals surface area contributed by atoms with E-state index in [0.717, 1.165) is 12.0 Å². The molecule has 1 N–H and O–H groups in total. The van der Waals surface area contributed by atoms with Gasteiger partial charge in [-0.2, -0.15) is 0 Å². The maximum absolute atomic E-state index is 12.6. The van der Waals surface area contributed by atoms with Gasteiger partial charge < -0.3 is 14.7 Å². The van der Waals surface area contributed by atoms with E-state index in [9.17, 15) is 9.90 Å². The number of hydrogen-bond acceptors (Lipinski definition) is 4. The van der Waals surface area contributed by atoms with Gasteiger partial charge in [0, 0.05) is 19.4 Å². The Hall–Kier alpha value is -2.40. The third-order valence-electron chi connectivity index (χ3n) is 3.94. The van der Waals surface area contributed by atoms with E-state index in [0.29, 0.717) is 11.3 Å². The van der Waals surface area contributed by atoms with E-state index in [4.69, 9.17) is 4.74 Å². The minimum atomic E-state index is -1.22. The van der Waals surface area contributed by atoms with Gasteiger partial charge in [0.2, 0.25) is 0 Å². The molecular weight excluding hydrogens is 292 g/mol. The van der Waals surface area contributed by atoms with Crippen molar-refractivity contribution in [1.82, 2.24) is 9.88 Å². The number of likely N-dealkylation sites (N-methyl/N-ethyl adjacent to an activating group) is 1. The topological polar surface area (TPSA) is 62.7 Å². The van der Waals surface area contributed by atoms with Crippen LogP contribution in [0, 0.1) is 0 Å². The van der Waals surface area contributed by atoms with Gasteiger partial charge in [0.05, 0.1) is 13.2 Å². The molecular formula is C18H22N2O3. The second-order valence-electron chi connectivity index (χ2n) is 5.33.